The predicted octanol–water partition coefficient (Wildman–Crippen LogP) is -0.0156. The molecule has 1 rings (SSSR count). The molecule has 0 bridgehead atoms. The van der Waals surface area contributed by atoms with Crippen LogP contribution in [0.3, 0.4) is 0 Å². The molecule has 0 fully saturated rings. The van der Waals surface area contributed by atoms with Crippen LogP contribution >= 0.6 is 13.5 Å². The molecule has 0 saturated heterocycles. The van der Waals surface area contributed by atoms with E-state index in [4.69, 9.17) is 0 Å². The van der Waals surface area contributed by atoms with E-state index in [0.717, 1.165) is 0 Å². The highest BCUT2D eigenvalue weighted by atomic mass is 32.1. The summed E-state index contributed by atoms with van der Waals surface area (Å²) < 4.78 is 0. The zero-order chi connectivity index (χ0) is 4.24. The topological polar surface area (TPSA) is 38.7 Å². The fourth-order valence-electron chi connectivity index (χ4n) is 0.205. The second-order valence-electron chi connectivity index (χ2n) is 0.811. The number of nitrogens with zero attached hydrogens (tertiary/aromatic N) is 3. The molecule has 0 unspecified atom stereocenters. The fraction of sp³-hybridized carbons (Fsp3) is 0. The summed E-state index contributed by atoms with van der Waals surface area (Å²) in [5.41, 5.74) is 0. The van der Waals surface area contributed by atoms with Crippen LogP contribution in [-0.2, 0) is 0 Å². The Balaban J connectivity index is 0.000000360. The van der Waals surface area contributed by atoms with Crippen LogP contribution in [0.25, 0.3) is 0 Å². The van der Waals surface area contributed by atoms with Gasteiger partial charge in [0, 0.05) is 0 Å². The minimum absolute atomic E-state index is 0. The third-order valence-electron chi connectivity index (χ3n) is 0.409. The van der Waals surface area contributed by atoms with Crippen molar-refractivity contribution < 1.29 is 0 Å². The third-order valence-corrected chi connectivity index (χ3v) is 0.409. The van der Waals surface area contributed by atoms with Crippen LogP contribution in [-0.4, -0.2) is 15.4 Å². The average Bonchev–Trinajstić information content (AvgIpc) is 1.72. The molecule has 1 aromatic heterocycles. The van der Waals surface area contributed by atoms with Gasteiger partial charge in [0.15, 0.2) is 0 Å². The smallest absolute Gasteiger partial charge is 0.0529 e. The summed E-state index contributed by atoms with van der Waals surface area (Å²) in [4.78, 5) is 0. The van der Waals surface area contributed by atoms with E-state index in [-0.39, 0.29) is 13.5 Å². The lowest BCUT2D eigenvalue weighted by Gasteiger charge is -1.68. The summed E-state index contributed by atoms with van der Waals surface area (Å²) in [5, 5.41) is 10.1. The first-order valence-corrected chi connectivity index (χ1v) is 1.58. The van der Waals surface area contributed by atoms with Crippen molar-refractivity contribution in [1.82, 2.24) is 15.4 Å². The highest BCUT2D eigenvalue weighted by molar-refractivity contribution is 7.59. The lowest BCUT2D eigenvalue weighted by Crippen LogP contribution is -1.78. The van der Waals surface area contributed by atoms with Crippen molar-refractivity contribution in [2.75, 3.05) is 0 Å². The molecule has 0 saturated carbocycles. The molecule has 1 aromatic rings. The summed E-state index contributed by atoms with van der Waals surface area (Å²) >= 11 is 0. The lowest BCUT2D eigenvalue weighted by atomic mass is 10.7. The quantitative estimate of drug-likeness (QED) is 0.477. The molecule has 0 spiro atoms. The van der Waals surface area contributed by atoms with Crippen molar-refractivity contribution >= 4 is 13.5 Å². The van der Waals surface area contributed by atoms with Crippen LogP contribution in [0.1, 0.15) is 0 Å². The minimum Gasteiger partial charge on any atom is -0.197 e. The summed E-state index contributed by atoms with van der Waals surface area (Å²) in [6.45, 7) is 0. The molecule has 0 amide bonds. The Hall–Kier alpha value is -0.640. The van der Waals surface area contributed by atoms with Gasteiger partial charge in [-0.3, -0.25) is 0 Å². The highest BCUT2D eigenvalue weighted by Gasteiger charge is 1.60. The first-order chi connectivity index (χ1) is 3.00. The Morgan fingerprint density at radius 3 is 1.71 bits per heavy atom. The van der Waals surface area contributed by atoms with Gasteiger partial charge in [0.2, 0.25) is 0 Å². The lowest BCUT2D eigenvalue weighted by molar-refractivity contribution is 0.865. The van der Waals surface area contributed by atoms with Crippen LogP contribution in [0.2, 0.25) is 0 Å². The van der Waals surface area contributed by atoms with E-state index in [1.165, 1.54) is 0 Å². The van der Waals surface area contributed by atoms with Crippen LogP contribution in [0.4, 0.5) is 0 Å². The van der Waals surface area contributed by atoms with Gasteiger partial charge in [-0.05, 0) is 11.3 Å². The van der Waals surface area contributed by atoms with Crippen molar-refractivity contribution in [3.63, 3.8) is 0 Å². The van der Waals surface area contributed by atoms with E-state index in [2.05, 4.69) is 15.4 Å². The maximum Gasteiger partial charge on any atom is 0.0529 e. The van der Waals surface area contributed by atoms with Crippen LogP contribution in [0, 0.1) is 0 Å². The molecule has 0 aliphatic rings. The molecule has 0 aliphatic carbocycles. The molecular weight excluding hydrogens is 110 g/mol. The van der Waals surface area contributed by atoms with Gasteiger partial charge < -0.3 is 0 Å². The fourth-order valence-corrected chi connectivity index (χ4v) is 0.205. The van der Waals surface area contributed by atoms with E-state index in [1.54, 1.807) is 18.5 Å². The summed E-state index contributed by atoms with van der Waals surface area (Å²) in [5.74, 6) is 0. The molecule has 7 heavy (non-hydrogen) atoms. The van der Waals surface area contributed by atoms with Gasteiger partial charge in [0.25, 0.3) is 0 Å². The van der Waals surface area contributed by atoms with Gasteiger partial charge in [-0.2, -0.15) is 13.5 Å². The highest BCUT2D eigenvalue weighted by Crippen LogP contribution is 1.61. The van der Waals surface area contributed by atoms with Crippen molar-refractivity contribution in [1.29, 1.82) is 0 Å². The Kier molecular flexibility index (Phi) is 3.22. The Morgan fingerprint density at radius 1 is 1.00 bits per heavy atom. The molecule has 0 radical (unpaired) electrons. The van der Waals surface area contributed by atoms with Gasteiger partial charge in [0.1, 0.15) is 0 Å². The summed E-state index contributed by atoms with van der Waals surface area (Å²) in [6.07, 6.45) is 3.15. The van der Waals surface area contributed by atoms with E-state index in [1.807, 2.05) is 0 Å². The zero-order valence-corrected chi connectivity index (χ0v) is 4.57. The third kappa shape index (κ3) is 2.11. The van der Waals surface area contributed by atoms with Crippen LogP contribution in [0.5, 0.6) is 0 Å². The maximum absolute atomic E-state index is 3.42. The van der Waals surface area contributed by atoms with Gasteiger partial charge in [-0.1, -0.05) is 0 Å². The predicted molar refractivity (Wildman–Crippen MR) is 30.2 cm³/mol. The minimum atomic E-state index is 0. The summed E-state index contributed by atoms with van der Waals surface area (Å²) in [6, 6.07) is 1.72. The van der Waals surface area contributed by atoms with E-state index in [9.17, 15) is 0 Å². The van der Waals surface area contributed by atoms with E-state index >= 15 is 0 Å². The van der Waals surface area contributed by atoms with Crippen molar-refractivity contribution in [3.8, 4) is 0 Å². The molecule has 1 heterocycles. The number of hydrogen-bond acceptors (Lipinski definition) is 3. The Morgan fingerprint density at radius 2 is 1.57 bits per heavy atom. The zero-order valence-electron chi connectivity index (χ0n) is 3.57. The molecule has 0 aromatic carbocycles. The molecule has 3 nitrogen and oxygen atoms in total. The number of hydrogen-bond donors (Lipinski definition) is 0. The molecule has 4 heteroatoms. The van der Waals surface area contributed by atoms with E-state index < -0.39 is 0 Å². The molecular formula is C3H5N3S. The van der Waals surface area contributed by atoms with Gasteiger partial charge in [0.05, 0.1) is 12.4 Å². The molecule has 0 N–H and O–H groups in total. The Labute approximate surface area is 48.2 Å². The number of aromatic nitrogens is 3. The first-order valence-electron chi connectivity index (χ1n) is 1.58. The molecule has 0 atom stereocenters. The van der Waals surface area contributed by atoms with E-state index in [0.29, 0.717) is 0 Å². The maximum atomic E-state index is 3.42. The SMILES string of the molecule is S.c1cnnnc1. The number of rotatable bonds is 0. The first kappa shape index (κ1) is 6.36. The average molecular weight is 115 g/mol. The normalized spacial score (nSPS) is 6.86. The Bertz CT molecular complexity index is 82.1. The van der Waals surface area contributed by atoms with Gasteiger partial charge >= 0.3 is 0 Å². The molecule has 38 valence electrons. The summed E-state index contributed by atoms with van der Waals surface area (Å²) in [7, 11) is 0. The second kappa shape index (κ2) is 3.55. The van der Waals surface area contributed by atoms with Crippen LogP contribution < -0.4 is 0 Å². The van der Waals surface area contributed by atoms with Crippen LogP contribution in [0.15, 0.2) is 18.5 Å². The van der Waals surface area contributed by atoms with Crippen molar-refractivity contribution in [2.45, 2.75) is 0 Å². The monoisotopic (exact) mass is 115 g/mol. The van der Waals surface area contributed by atoms with Crippen molar-refractivity contribution in [2.24, 2.45) is 0 Å². The van der Waals surface area contributed by atoms with Gasteiger partial charge in [-0.25, -0.2) is 0 Å². The second-order valence-corrected chi connectivity index (χ2v) is 0.811. The standard InChI is InChI=1S/C3H3N3.H2S/c1-2-4-6-5-3-1;/h1-3H;1H2. The largest absolute Gasteiger partial charge is 0.197 e. The molecule has 0 aliphatic heterocycles. The van der Waals surface area contributed by atoms with Gasteiger partial charge in [-0.15, -0.1) is 10.2 Å². The van der Waals surface area contributed by atoms with Crippen molar-refractivity contribution in [3.05, 3.63) is 18.5 Å².